The predicted octanol–water partition coefficient (Wildman–Crippen LogP) is 6.52. The van der Waals surface area contributed by atoms with Crippen LogP contribution in [0.1, 0.15) is 55.5 Å². The minimum absolute atomic E-state index is 0.105. The molecule has 1 fully saturated rings. The van der Waals surface area contributed by atoms with Gasteiger partial charge < -0.3 is 5.32 Å². The molecular formula is C28H29N3O. The molecule has 0 radical (unpaired) electrons. The van der Waals surface area contributed by atoms with Crippen molar-refractivity contribution >= 4 is 22.8 Å². The summed E-state index contributed by atoms with van der Waals surface area (Å²) in [4.78, 5) is 20.5. The number of hydrogen-bond donors (Lipinski definition) is 1. The van der Waals surface area contributed by atoms with Crippen LogP contribution in [-0.4, -0.2) is 10.8 Å². The average molecular weight is 424 g/mol. The largest absolute Gasteiger partial charge is 0.341 e. The highest BCUT2D eigenvalue weighted by Crippen LogP contribution is 2.42. The zero-order valence-corrected chi connectivity index (χ0v) is 18.6. The number of fused-ring (bicyclic) bond motifs is 1. The Morgan fingerprint density at radius 1 is 1.00 bits per heavy atom. The molecule has 2 aliphatic rings. The van der Waals surface area contributed by atoms with Crippen molar-refractivity contribution in [2.45, 2.75) is 51.4 Å². The van der Waals surface area contributed by atoms with Crippen molar-refractivity contribution in [1.82, 2.24) is 4.98 Å². The number of anilines is 3. The Morgan fingerprint density at radius 3 is 2.38 bits per heavy atom. The van der Waals surface area contributed by atoms with Crippen molar-refractivity contribution in [3.05, 3.63) is 95.6 Å². The molecule has 4 nitrogen and oxygen atoms in total. The summed E-state index contributed by atoms with van der Waals surface area (Å²) < 4.78 is 0. The summed E-state index contributed by atoms with van der Waals surface area (Å²) in [6.45, 7) is 2.15. The number of allylic oxidation sites excluding steroid dienone is 1. The quantitative estimate of drug-likeness (QED) is 0.507. The molecule has 0 atom stereocenters. The number of aryl methyl sites for hydroxylation is 1. The van der Waals surface area contributed by atoms with Gasteiger partial charge in [-0.3, -0.25) is 14.7 Å². The first-order chi connectivity index (χ1) is 15.7. The molecular weight excluding hydrogens is 394 g/mol. The fraction of sp³-hybridized carbons (Fsp3) is 0.286. The van der Waals surface area contributed by atoms with E-state index in [9.17, 15) is 4.79 Å². The van der Waals surface area contributed by atoms with E-state index >= 15 is 0 Å². The molecule has 1 N–H and O–H groups in total. The van der Waals surface area contributed by atoms with Crippen molar-refractivity contribution in [3.8, 4) is 0 Å². The molecule has 3 aromatic rings. The Morgan fingerprint density at radius 2 is 1.69 bits per heavy atom. The van der Waals surface area contributed by atoms with Gasteiger partial charge >= 0.3 is 0 Å². The standard InChI is InChI=1S/C28H29N3O/c1-2-21-17-26-25(28(30-21)20-11-9-10-12-20)18-24(32)19-27(29-22-13-5-3-6-14-22)31(26)23-15-7-4-8-16-23/h3-8,13-17,19-20,29H,2,9-12,18H2,1H3. The summed E-state index contributed by atoms with van der Waals surface area (Å²) >= 11 is 0. The average Bonchev–Trinajstić information content (AvgIpc) is 3.31. The van der Waals surface area contributed by atoms with Crippen LogP contribution >= 0.6 is 0 Å². The van der Waals surface area contributed by atoms with Gasteiger partial charge in [-0.05, 0) is 49.6 Å². The third kappa shape index (κ3) is 4.05. The molecule has 0 unspecified atom stereocenters. The fourth-order valence-corrected chi connectivity index (χ4v) is 4.92. The lowest BCUT2D eigenvalue weighted by Gasteiger charge is -2.30. The van der Waals surface area contributed by atoms with E-state index in [2.05, 4.69) is 35.3 Å². The van der Waals surface area contributed by atoms with Gasteiger partial charge in [-0.2, -0.15) is 0 Å². The molecule has 0 spiro atoms. The molecule has 5 rings (SSSR count). The zero-order chi connectivity index (χ0) is 21.9. The van der Waals surface area contributed by atoms with Crippen LogP contribution in [-0.2, 0) is 17.6 Å². The summed E-state index contributed by atoms with van der Waals surface area (Å²) in [5, 5.41) is 3.51. The molecule has 1 aliphatic heterocycles. The van der Waals surface area contributed by atoms with Crippen LogP contribution in [0.4, 0.5) is 17.1 Å². The van der Waals surface area contributed by atoms with Gasteiger partial charge in [0, 0.05) is 46.7 Å². The molecule has 1 aliphatic carbocycles. The van der Waals surface area contributed by atoms with Gasteiger partial charge in [0.05, 0.1) is 5.69 Å². The lowest BCUT2D eigenvalue weighted by Crippen LogP contribution is -2.23. The van der Waals surface area contributed by atoms with Gasteiger partial charge in [-0.25, -0.2) is 0 Å². The number of ketones is 1. The van der Waals surface area contributed by atoms with E-state index in [1.807, 2.05) is 48.5 Å². The predicted molar refractivity (Wildman–Crippen MR) is 130 cm³/mol. The van der Waals surface area contributed by atoms with E-state index < -0.39 is 0 Å². The lowest BCUT2D eigenvalue weighted by molar-refractivity contribution is -0.114. The molecule has 2 aromatic carbocycles. The topological polar surface area (TPSA) is 45.2 Å². The van der Waals surface area contributed by atoms with E-state index in [-0.39, 0.29) is 5.78 Å². The van der Waals surface area contributed by atoms with Crippen LogP contribution in [0, 0.1) is 0 Å². The van der Waals surface area contributed by atoms with Gasteiger partial charge in [0.2, 0.25) is 0 Å². The third-order valence-corrected chi connectivity index (χ3v) is 6.48. The molecule has 162 valence electrons. The molecule has 32 heavy (non-hydrogen) atoms. The SMILES string of the molecule is CCc1cc2c(c(C3CCCC3)n1)CC(=O)C=C(Nc1ccccc1)N2c1ccccc1. The number of carbonyl (C=O) groups excluding carboxylic acids is 1. The normalized spacial score (nSPS) is 16.5. The Bertz CT molecular complexity index is 1130. The summed E-state index contributed by atoms with van der Waals surface area (Å²) in [7, 11) is 0. The Balaban J connectivity index is 1.70. The van der Waals surface area contributed by atoms with Crippen LogP contribution in [0.2, 0.25) is 0 Å². The van der Waals surface area contributed by atoms with Gasteiger partial charge in [0.15, 0.2) is 5.78 Å². The number of hydrogen-bond acceptors (Lipinski definition) is 4. The van der Waals surface area contributed by atoms with Gasteiger partial charge in [0.25, 0.3) is 0 Å². The van der Waals surface area contributed by atoms with E-state index in [1.54, 1.807) is 6.08 Å². The monoisotopic (exact) mass is 423 g/mol. The van der Waals surface area contributed by atoms with Crippen LogP contribution < -0.4 is 10.2 Å². The van der Waals surface area contributed by atoms with Crippen molar-refractivity contribution < 1.29 is 4.79 Å². The van der Waals surface area contributed by atoms with Gasteiger partial charge in [-0.1, -0.05) is 56.2 Å². The zero-order valence-electron chi connectivity index (χ0n) is 18.6. The number of pyridine rings is 1. The highest BCUT2D eigenvalue weighted by molar-refractivity contribution is 5.97. The highest BCUT2D eigenvalue weighted by Gasteiger charge is 2.30. The highest BCUT2D eigenvalue weighted by atomic mass is 16.1. The number of benzene rings is 2. The number of para-hydroxylation sites is 2. The molecule has 1 aromatic heterocycles. The van der Waals surface area contributed by atoms with E-state index in [1.165, 1.54) is 12.8 Å². The summed E-state index contributed by atoms with van der Waals surface area (Å²) in [5.41, 5.74) is 6.37. The first-order valence-corrected chi connectivity index (χ1v) is 11.7. The Kier molecular flexibility index (Phi) is 5.76. The summed E-state index contributed by atoms with van der Waals surface area (Å²) in [6.07, 6.45) is 7.82. The summed E-state index contributed by atoms with van der Waals surface area (Å²) in [5.74, 6) is 1.33. The second kappa shape index (κ2) is 8.99. The fourth-order valence-electron chi connectivity index (χ4n) is 4.92. The molecule has 2 heterocycles. The lowest BCUT2D eigenvalue weighted by atomic mass is 9.93. The van der Waals surface area contributed by atoms with E-state index in [0.717, 1.165) is 59.1 Å². The number of aromatic nitrogens is 1. The van der Waals surface area contributed by atoms with Crippen molar-refractivity contribution in [1.29, 1.82) is 0 Å². The van der Waals surface area contributed by atoms with Crippen LogP contribution in [0.3, 0.4) is 0 Å². The molecule has 4 heteroatoms. The van der Waals surface area contributed by atoms with E-state index in [4.69, 9.17) is 4.98 Å². The van der Waals surface area contributed by atoms with Crippen molar-refractivity contribution in [2.24, 2.45) is 0 Å². The first kappa shape index (κ1) is 20.5. The van der Waals surface area contributed by atoms with Crippen molar-refractivity contribution in [3.63, 3.8) is 0 Å². The maximum atomic E-state index is 13.2. The number of rotatable bonds is 5. The van der Waals surface area contributed by atoms with Gasteiger partial charge in [-0.15, -0.1) is 0 Å². The smallest absolute Gasteiger partial charge is 0.163 e. The minimum atomic E-state index is 0.105. The molecule has 0 saturated heterocycles. The summed E-state index contributed by atoms with van der Waals surface area (Å²) in [6, 6.07) is 22.5. The third-order valence-electron chi connectivity index (χ3n) is 6.48. The Labute approximate surface area is 190 Å². The van der Waals surface area contributed by atoms with Crippen LogP contribution in [0.15, 0.2) is 78.6 Å². The second-order valence-electron chi connectivity index (χ2n) is 8.67. The Hall–Kier alpha value is -3.40. The molecule has 0 amide bonds. The second-order valence-corrected chi connectivity index (χ2v) is 8.67. The van der Waals surface area contributed by atoms with E-state index in [0.29, 0.717) is 12.3 Å². The van der Waals surface area contributed by atoms with Crippen molar-refractivity contribution in [2.75, 3.05) is 10.2 Å². The molecule has 0 bridgehead atoms. The van der Waals surface area contributed by atoms with Gasteiger partial charge in [0.1, 0.15) is 5.82 Å². The first-order valence-electron chi connectivity index (χ1n) is 11.7. The maximum Gasteiger partial charge on any atom is 0.163 e. The number of nitrogens with zero attached hydrogens (tertiary/aromatic N) is 2. The number of carbonyl (C=O) groups is 1. The number of nitrogens with one attached hydrogen (secondary N) is 1. The minimum Gasteiger partial charge on any atom is -0.341 e. The maximum absolute atomic E-state index is 13.2. The van der Waals surface area contributed by atoms with Crippen LogP contribution in [0.25, 0.3) is 0 Å². The van der Waals surface area contributed by atoms with Crippen LogP contribution in [0.5, 0.6) is 0 Å². The molecule has 1 saturated carbocycles.